The number of carbonyl (C=O) groups is 1. The Morgan fingerprint density at radius 1 is 1.62 bits per heavy atom. The number of hydrogen-bond donors (Lipinski definition) is 1. The van der Waals surface area contributed by atoms with Gasteiger partial charge in [0.15, 0.2) is 11.1 Å². The van der Waals surface area contributed by atoms with E-state index in [9.17, 15) is 9.90 Å². The predicted octanol–water partition coefficient (Wildman–Crippen LogP) is 1.83. The molecule has 0 unspecified atom stereocenters. The third kappa shape index (κ3) is 4.11. The minimum Gasteiger partial charge on any atom is -0.503 e. The van der Waals surface area contributed by atoms with Crippen molar-refractivity contribution >= 4 is 5.97 Å². The smallest absolute Gasteiger partial charge is 0.391 e. The molecule has 5 nitrogen and oxygen atoms in total. The summed E-state index contributed by atoms with van der Waals surface area (Å²) in [6.07, 6.45) is 0.0848. The first-order valence-electron chi connectivity index (χ1n) is 3.89. The predicted molar refractivity (Wildman–Crippen MR) is 46.2 cm³/mol. The number of aliphatic hydroxyl groups is 1. The Balaban J connectivity index is 4.53. The van der Waals surface area contributed by atoms with Crippen LogP contribution in [0.2, 0.25) is 0 Å². The van der Waals surface area contributed by atoms with Crippen molar-refractivity contribution in [3.05, 3.63) is 16.9 Å². The Hall–Kier alpha value is -1.57. The quantitative estimate of drug-likeness (QED) is 0.413. The zero-order chi connectivity index (χ0) is 10.4. The van der Waals surface area contributed by atoms with Crippen molar-refractivity contribution < 1.29 is 14.6 Å². The molecule has 0 rings (SSSR count). The zero-order valence-corrected chi connectivity index (χ0v) is 7.89. The molecule has 0 saturated heterocycles. The van der Waals surface area contributed by atoms with Crippen LogP contribution in [0.3, 0.4) is 0 Å². The molecule has 0 aromatic heterocycles. The molecular weight excluding hydrogens is 172 g/mol. The van der Waals surface area contributed by atoms with Crippen molar-refractivity contribution in [3.63, 3.8) is 0 Å². The summed E-state index contributed by atoms with van der Waals surface area (Å²) in [6, 6.07) is 0. The van der Waals surface area contributed by atoms with Gasteiger partial charge in [0.1, 0.15) is 0 Å². The average Bonchev–Trinajstić information content (AvgIpc) is 1.99. The highest BCUT2D eigenvalue weighted by Gasteiger charge is 2.23. The van der Waals surface area contributed by atoms with Crippen molar-refractivity contribution in [2.24, 2.45) is 5.92 Å². The van der Waals surface area contributed by atoms with Crippen LogP contribution in [0, 0.1) is 11.3 Å². The highest BCUT2D eigenvalue weighted by molar-refractivity contribution is 5.66. The molecule has 0 spiro atoms. The number of diazo groups is 1. The Morgan fingerprint density at radius 3 is 2.46 bits per heavy atom. The summed E-state index contributed by atoms with van der Waals surface area (Å²) in [5.41, 5.74) is 0. The van der Waals surface area contributed by atoms with E-state index in [0.717, 1.165) is 6.20 Å². The Bertz CT molecular complexity index is 253. The minimum absolute atomic E-state index is 0.0816. The number of nitrogens with zero attached hydrogens (tertiary/aromatic N) is 2. The number of rotatable bonds is 3. The first kappa shape index (κ1) is 11.4. The second kappa shape index (κ2) is 5.14. The molecule has 0 aromatic carbocycles. The van der Waals surface area contributed by atoms with Crippen LogP contribution in [0.4, 0.5) is 0 Å². The van der Waals surface area contributed by atoms with E-state index in [1.165, 1.54) is 6.92 Å². The second-order valence-electron chi connectivity index (χ2n) is 2.94. The fourth-order valence-electron chi connectivity index (χ4n) is 0.849. The standard InChI is InChI=1S/C8H12N2O3/c1-5(2)8(13-6(3)11)7(12)4-10-9/h4-5,8H,1-3H3/p+1/b7-4-/t8-/m0/s1. The number of esters is 1. The summed E-state index contributed by atoms with van der Waals surface area (Å²) in [4.78, 5) is 13.3. The first-order chi connectivity index (χ1) is 5.99. The van der Waals surface area contributed by atoms with Crippen LogP contribution in [0.5, 0.6) is 0 Å². The Kier molecular flexibility index (Phi) is 4.52. The number of carbonyl (C=O) groups excluding carboxylic acids is 1. The molecule has 0 aliphatic carbocycles. The number of aliphatic hydroxyl groups excluding tert-OH is 1. The van der Waals surface area contributed by atoms with E-state index in [4.69, 9.17) is 10.1 Å². The van der Waals surface area contributed by atoms with Gasteiger partial charge in [-0.25, -0.2) is 0 Å². The molecule has 72 valence electrons. The van der Waals surface area contributed by atoms with E-state index in [0.29, 0.717) is 0 Å². The maximum atomic E-state index is 10.6. The van der Waals surface area contributed by atoms with E-state index in [2.05, 4.69) is 4.98 Å². The lowest BCUT2D eigenvalue weighted by Gasteiger charge is -2.17. The fourth-order valence-corrected chi connectivity index (χ4v) is 0.849. The molecule has 5 heteroatoms. The van der Waals surface area contributed by atoms with Gasteiger partial charge in [-0.15, -0.1) is 0 Å². The minimum atomic E-state index is -0.756. The van der Waals surface area contributed by atoms with Crippen LogP contribution in [0.15, 0.2) is 12.0 Å². The van der Waals surface area contributed by atoms with Crippen molar-refractivity contribution in [1.82, 2.24) is 0 Å². The van der Waals surface area contributed by atoms with E-state index in [-0.39, 0.29) is 11.7 Å². The molecule has 0 amide bonds. The molecule has 13 heavy (non-hydrogen) atoms. The van der Waals surface area contributed by atoms with Crippen LogP contribution in [0.1, 0.15) is 20.8 Å². The van der Waals surface area contributed by atoms with Crippen LogP contribution in [-0.4, -0.2) is 17.2 Å². The van der Waals surface area contributed by atoms with Gasteiger partial charge in [0, 0.05) is 6.92 Å². The third-order valence-electron chi connectivity index (χ3n) is 1.38. The summed E-state index contributed by atoms with van der Waals surface area (Å²) in [7, 11) is 0. The molecule has 1 N–H and O–H groups in total. The highest BCUT2D eigenvalue weighted by Crippen LogP contribution is 2.14. The van der Waals surface area contributed by atoms with Crippen LogP contribution >= 0.6 is 0 Å². The third-order valence-corrected chi connectivity index (χ3v) is 1.38. The van der Waals surface area contributed by atoms with Gasteiger partial charge in [0.05, 0.1) is 0 Å². The Morgan fingerprint density at radius 2 is 2.15 bits per heavy atom. The fraction of sp³-hybridized carbons (Fsp3) is 0.625. The maximum Gasteiger partial charge on any atom is 0.391 e. The molecule has 0 aromatic rings. The Labute approximate surface area is 76.6 Å². The van der Waals surface area contributed by atoms with E-state index >= 15 is 0 Å². The topological polar surface area (TPSA) is 74.7 Å². The number of ether oxygens (including phenoxy) is 1. The maximum absolute atomic E-state index is 10.6. The molecule has 0 radical (unpaired) electrons. The van der Waals surface area contributed by atoms with E-state index in [1.807, 2.05) is 0 Å². The average molecular weight is 185 g/mol. The van der Waals surface area contributed by atoms with E-state index in [1.54, 1.807) is 13.8 Å². The van der Waals surface area contributed by atoms with Crippen molar-refractivity contribution in [2.45, 2.75) is 26.9 Å². The SMILES string of the molecule is CC(=O)O[C@H](/C(O)=C/[N+]#N)C(C)C. The molecule has 1 atom stereocenters. The summed E-state index contributed by atoms with van der Waals surface area (Å²) in [5, 5.41) is 17.4. The molecular formula is C8H13N2O3+. The molecule has 0 bridgehead atoms. The van der Waals surface area contributed by atoms with E-state index < -0.39 is 12.1 Å². The van der Waals surface area contributed by atoms with Crippen LogP contribution < -0.4 is 0 Å². The van der Waals surface area contributed by atoms with Gasteiger partial charge < -0.3 is 9.84 Å². The lowest BCUT2D eigenvalue weighted by atomic mass is 10.1. The van der Waals surface area contributed by atoms with Crippen LogP contribution in [-0.2, 0) is 9.53 Å². The van der Waals surface area contributed by atoms with Gasteiger partial charge in [0.25, 0.3) is 0 Å². The summed E-state index contributed by atoms with van der Waals surface area (Å²) < 4.78 is 4.80. The lowest BCUT2D eigenvalue weighted by Crippen LogP contribution is -2.24. The zero-order valence-electron chi connectivity index (χ0n) is 7.89. The first-order valence-corrected chi connectivity index (χ1v) is 3.89. The monoisotopic (exact) mass is 185 g/mol. The van der Waals surface area contributed by atoms with Gasteiger partial charge in [-0.2, -0.15) is 0 Å². The van der Waals surface area contributed by atoms with Gasteiger partial charge >= 0.3 is 12.2 Å². The van der Waals surface area contributed by atoms with Gasteiger partial charge in [-0.3, -0.25) is 4.79 Å². The van der Waals surface area contributed by atoms with Crippen molar-refractivity contribution in [2.75, 3.05) is 0 Å². The number of hydrogen-bond acceptors (Lipinski definition) is 4. The highest BCUT2D eigenvalue weighted by atomic mass is 16.6. The molecule has 0 heterocycles. The van der Waals surface area contributed by atoms with Crippen molar-refractivity contribution in [1.29, 1.82) is 5.39 Å². The largest absolute Gasteiger partial charge is 0.503 e. The molecule has 0 aliphatic heterocycles. The molecule has 0 aliphatic rings. The van der Waals surface area contributed by atoms with Crippen LogP contribution in [0.25, 0.3) is 4.98 Å². The molecule has 0 fully saturated rings. The normalized spacial score (nSPS) is 13.6. The van der Waals surface area contributed by atoms with Gasteiger partial charge in [-0.1, -0.05) is 13.8 Å². The summed E-state index contributed by atoms with van der Waals surface area (Å²) in [5.74, 6) is -0.841. The molecule has 0 saturated carbocycles. The van der Waals surface area contributed by atoms with Gasteiger partial charge in [0.2, 0.25) is 11.2 Å². The summed E-state index contributed by atoms with van der Waals surface area (Å²) in [6.45, 7) is 4.79. The van der Waals surface area contributed by atoms with Gasteiger partial charge in [-0.05, 0) is 5.92 Å². The summed E-state index contributed by atoms with van der Waals surface area (Å²) >= 11 is 0. The van der Waals surface area contributed by atoms with Crippen molar-refractivity contribution in [3.8, 4) is 0 Å². The second-order valence-corrected chi connectivity index (χ2v) is 2.94. The lowest BCUT2D eigenvalue weighted by molar-refractivity contribution is -0.148.